The third-order valence-electron chi connectivity index (χ3n) is 7.17. The lowest BCUT2D eigenvalue weighted by molar-refractivity contribution is -0.602. The molecule has 1 saturated carbocycles. The van der Waals surface area contributed by atoms with Crippen molar-refractivity contribution in [2.75, 3.05) is 4.90 Å². The van der Waals surface area contributed by atoms with E-state index in [1.165, 1.54) is 54.5 Å². The van der Waals surface area contributed by atoms with Crippen molar-refractivity contribution >= 4 is 12.0 Å². The Labute approximate surface area is 193 Å². The van der Waals surface area contributed by atoms with Crippen LogP contribution in [0.2, 0.25) is 0 Å². The van der Waals surface area contributed by atoms with E-state index in [9.17, 15) is 0 Å². The summed E-state index contributed by atoms with van der Waals surface area (Å²) >= 11 is 0. The minimum Gasteiger partial charge on any atom is -0.384 e. The van der Waals surface area contributed by atoms with Gasteiger partial charge in [-0.2, -0.15) is 0 Å². The van der Waals surface area contributed by atoms with Gasteiger partial charge in [0.25, 0.3) is 0 Å². The highest BCUT2D eigenvalue weighted by molar-refractivity contribution is 5.81. The normalized spacial score (nSPS) is 21.7. The third kappa shape index (κ3) is 3.99. The number of para-hydroxylation sites is 1. The van der Waals surface area contributed by atoms with Crippen LogP contribution in [0.3, 0.4) is 0 Å². The minimum absolute atomic E-state index is 0.195. The molecule has 0 saturated heterocycles. The first kappa shape index (κ1) is 21.0. The predicted octanol–water partition coefficient (Wildman–Crippen LogP) is 7.36. The molecule has 1 aliphatic heterocycles. The number of hydrogen-bond donors (Lipinski definition) is 0. The van der Waals surface area contributed by atoms with Crippen LogP contribution < -0.4 is 4.90 Å². The Morgan fingerprint density at radius 1 is 0.750 bits per heavy atom. The zero-order chi connectivity index (χ0) is 21.9. The van der Waals surface area contributed by atoms with E-state index >= 15 is 0 Å². The number of anilines is 1. The molecule has 0 bridgehead atoms. The van der Waals surface area contributed by atoms with Gasteiger partial charge in [0.2, 0.25) is 0 Å². The summed E-state index contributed by atoms with van der Waals surface area (Å²) in [7, 11) is 0. The Morgan fingerprint density at radius 2 is 1.34 bits per heavy atom. The van der Waals surface area contributed by atoms with Gasteiger partial charge in [-0.25, -0.2) is 0 Å². The van der Waals surface area contributed by atoms with Gasteiger partial charge in [0.05, 0.1) is 6.04 Å². The van der Waals surface area contributed by atoms with Crippen LogP contribution in [-0.2, 0) is 0 Å². The van der Waals surface area contributed by atoms with Crippen molar-refractivity contribution in [3.8, 4) is 0 Å². The molecule has 2 aliphatic rings. The molecule has 3 aromatic carbocycles. The Balaban J connectivity index is 1.69. The second kappa shape index (κ2) is 9.32. The highest BCUT2D eigenvalue weighted by Crippen LogP contribution is 2.45. The topological polar surface area (TPSA) is 6.25 Å². The molecule has 5 rings (SSSR count). The average Bonchev–Trinajstić information content (AvgIpc) is 3.26. The van der Waals surface area contributed by atoms with E-state index in [1.54, 1.807) is 0 Å². The van der Waals surface area contributed by atoms with E-state index in [-0.39, 0.29) is 12.1 Å². The first-order chi connectivity index (χ1) is 15.7. The first-order valence-corrected chi connectivity index (χ1v) is 12.3. The fourth-order valence-electron chi connectivity index (χ4n) is 5.58. The Hall–Kier alpha value is -2.87. The van der Waals surface area contributed by atoms with E-state index in [0.717, 1.165) is 0 Å². The van der Waals surface area contributed by atoms with Gasteiger partial charge in [0.1, 0.15) is 18.4 Å². The van der Waals surface area contributed by atoms with Gasteiger partial charge in [-0.1, -0.05) is 111 Å². The van der Waals surface area contributed by atoms with Crippen LogP contribution in [0.1, 0.15) is 80.6 Å². The third-order valence-corrected chi connectivity index (χ3v) is 7.17. The van der Waals surface area contributed by atoms with E-state index in [1.807, 2.05) is 0 Å². The van der Waals surface area contributed by atoms with Crippen molar-refractivity contribution in [2.24, 2.45) is 0 Å². The van der Waals surface area contributed by atoms with Crippen LogP contribution in [0.4, 0.5) is 5.69 Å². The highest BCUT2D eigenvalue weighted by Gasteiger charge is 2.42. The zero-order valence-electron chi connectivity index (χ0n) is 19.3. The average molecular weight is 423 g/mol. The Morgan fingerprint density at radius 3 is 2.00 bits per heavy atom. The van der Waals surface area contributed by atoms with Crippen LogP contribution in [0.25, 0.3) is 0 Å². The molecule has 0 unspecified atom stereocenters. The van der Waals surface area contributed by atoms with E-state index in [4.69, 9.17) is 0 Å². The summed E-state index contributed by atoms with van der Waals surface area (Å²) in [6.45, 7) is 4.58. The maximum atomic E-state index is 3.94. The SMILES string of the molecule is CC(C)c1ccccc1N1[C-]=[N+](C2CCCCC2)[C@H](c2ccccc2)[C@H]1c1ccccc1. The summed E-state index contributed by atoms with van der Waals surface area (Å²) in [4.78, 5) is 2.46. The number of benzene rings is 3. The van der Waals surface area contributed by atoms with Gasteiger partial charge in [0, 0.05) is 0 Å². The lowest BCUT2D eigenvalue weighted by atomic mass is 9.89. The summed E-state index contributed by atoms with van der Waals surface area (Å²) in [5, 5.41) is 0. The molecule has 32 heavy (non-hydrogen) atoms. The molecular formula is C30H34N2. The van der Waals surface area contributed by atoms with Crippen molar-refractivity contribution < 1.29 is 4.58 Å². The molecule has 2 heteroatoms. The summed E-state index contributed by atoms with van der Waals surface area (Å²) in [5.74, 6) is 0.461. The molecule has 164 valence electrons. The lowest BCUT2D eigenvalue weighted by Crippen LogP contribution is -2.31. The summed E-state index contributed by atoms with van der Waals surface area (Å²) in [6.07, 6.45) is 10.5. The molecule has 0 radical (unpaired) electrons. The fourth-order valence-corrected chi connectivity index (χ4v) is 5.58. The molecule has 0 spiro atoms. The number of hydrogen-bond acceptors (Lipinski definition) is 1. The second-order valence-electron chi connectivity index (χ2n) is 9.59. The molecule has 1 aliphatic carbocycles. The molecule has 3 aromatic rings. The van der Waals surface area contributed by atoms with Crippen LogP contribution in [0, 0.1) is 0 Å². The van der Waals surface area contributed by atoms with Crippen LogP contribution in [0.5, 0.6) is 0 Å². The summed E-state index contributed by atoms with van der Waals surface area (Å²) in [6, 6.07) is 32.0. The van der Waals surface area contributed by atoms with Crippen molar-refractivity contribution in [3.05, 3.63) is 102 Å². The molecule has 0 N–H and O–H groups in total. The number of nitrogens with zero attached hydrogens (tertiary/aromatic N) is 2. The summed E-state index contributed by atoms with van der Waals surface area (Å²) in [5.41, 5.74) is 5.41. The summed E-state index contributed by atoms with van der Waals surface area (Å²) < 4.78 is 2.59. The zero-order valence-corrected chi connectivity index (χ0v) is 19.3. The standard InChI is InChI=1S/C30H34N2/c1-23(2)27-20-12-13-21-28(27)32-22-31(26-18-10-5-11-19-26)29(24-14-6-3-7-15-24)30(32)25-16-8-4-9-17-25/h3-4,6-9,12-17,20-21,23,26,29-30H,5,10-11,18-19H2,1-2H3/t29-,30-/m1/s1. The Kier molecular flexibility index (Phi) is 6.12. The van der Waals surface area contributed by atoms with Gasteiger partial charge >= 0.3 is 0 Å². The maximum Gasteiger partial charge on any atom is 0.146 e. The second-order valence-corrected chi connectivity index (χ2v) is 9.59. The maximum absolute atomic E-state index is 3.94. The predicted molar refractivity (Wildman–Crippen MR) is 134 cm³/mol. The van der Waals surface area contributed by atoms with E-state index < -0.39 is 0 Å². The van der Waals surface area contributed by atoms with Crippen LogP contribution in [-0.4, -0.2) is 17.0 Å². The fraction of sp³-hybridized carbons (Fsp3) is 0.367. The van der Waals surface area contributed by atoms with Gasteiger partial charge in [0.15, 0.2) is 0 Å². The van der Waals surface area contributed by atoms with Gasteiger partial charge < -0.3 is 9.48 Å². The van der Waals surface area contributed by atoms with E-state index in [0.29, 0.717) is 12.0 Å². The number of rotatable bonds is 5. The van der Waals surface area contributed by atoms with Gasteiger partial charge in [-0.15, -0.1) is 0 Å². The first-order valence-electron chi connectivity index (χ1n) is 12.3. The van der Waals surface area contributed by atoms with Crippen molar-refractivity contribution in [2.45, 2.75) is 70.0 Å². The lowest BCUT2D eigenvalue weighted by Gasteiger charge is -2.34. The molecular weight excluding hydrogens is 388 g/mol. The molecule has 1 heterocycles. The monoisotopic (exact) mass is 422 g/mol. The van der Waals surface area contributed by atoms with Gasteiger partial charge in [-0.3, -0.25) is 0 Å². The Bertz CT molecular complexity index is 1050. The van der Waals surface area contributed by atoms with Crippen LogP contribution >= 0.6 is 0 Å². The van der Waals surface area contributed by atoms with Crippen molar-refractivity contribution in [3.63, 3.8) is 0 Å². The van der Waals surface area contributed by atoms with Crippen LogP contribution in [0.15, 0.2) is 84.9 Å². The molecule has 1 fully saturated rings. The van der Waals surface area contributed by atoms with Crippen molar-refractivity contribution in [1.29, 1.82) is 0 Å². The smallest absolute Gasteiger partial charge is 0.146 e. The van der Waals surface area contributed by atoms with Gasteiger partial charge in [-0.05, 0) is 48.4 Å². The molecule has 2 nitrogen and oxygen atoms in total. The largest absolute Gasteiger partial charge is 0.384 e. The molecule has 2 atom stereocenters. The highest BCUT2D eigenvalue weighted by atomic mass is 15.3. The molecule has 0 aromatic heterocycles. The quantitative estimate of drug-likeness (QED) is 0.307. The van der Waals surface area contributed by atoms with E-state index in [2.05, 4.69) is 115 Å². The van der Waals surface area contributed by atoms with Crippen molar-refractivity contribution in [1.82, 2.24) is 0 Å². The molecule has 0 amide bonds. The minimum atomic E-state index is 0.195.